The third-order valence-electron chi connectivity index (χ3n) is 1.93. The van der Waals surface area contributed by atoms with Gasteiger partial charge in [-0.3, -0.25) is 0 Å². The molecule has 0 aromatic rings. The molecular weight excluding hydrogens is 134 g/mol. The predicted octanol–water partition coefficient (Wildman–Crippen LogP) is 2.54. The van der Waals surface area contributed by atoms with E-state index in [0.717, 1.165) is 5.70 Å². The number of rotatable bonds is 1. The van der Waals surface area contributed by atoms with Gasteiger partial charge in [0.1, 0.15) is 0 Å². The number of nitrogens with zero attached hydrogens (tertiary/aromatic N) is 1. The molecule has 1 heteroatoms. The van der Waals surface area contributed by atoms with Gasteiger partial charge < -0.3 is 4.90 Å². The van der Waals surface area contributed by atoms with Crippen LogP contribution >= 0.6 is 0 Å². The summed E-state index contributed by atoms with van der Waals surface area (Å²) in [4.78, 5) is 2.05. The molecule has 0 bridgehead atoms. The lowest BCUT2D eigenvalue weighted by Gasteiger charge is -2.21. The van der Waals surface area contributed by atoms with E-state index in [1.54, 1.807) is 0 Å². The molecule has 0 amide bonds. The molecule has 1 rings (SSSR count). The van der Waals surface area contributed by atoms with E-state index in [0.29, 0.717) is 5.92 Å². The first kappa shape index (κ1) is 8.12. The van der Waals surface area contributed by atoms with E-state index in [1.807, 2.05) is 7.05 Å². The molecule has 0 aromatic heterocycles. The second kappa shape index (κ2) is 2.95. The van der Waals surface area contributed by atoms with Gasteiger partial charge in [-0.25, -0.2) is 0 Å². The van der Waals surface area contributed by atoms with Crippen LogP contribution in [0.15, 0.2) is 36.2 Å². The number of hydrogen-bond acceptors (Lipinski definition) is 1. The summed E-state index contributed by atoms with van der Waals surface area (Å²) in [5, 5.41) is 0. The van der Waals surface area contributed by atoms with Crippen LogP contribution in [0, 0.1) is 5.92 Å². The summed E-state index contributed by atoms with van der Waals surface area (Å²) in [5.74, 6) is 0.599. The van der Waals surface area contributed by atoms with Crippen LogP contribution in [0.2, 0.25) is 0 Å². The Hall–Kier alpha value is -0.980. The van der Waals surface area contributed by atoms with Gasteiger partial charge in [0, 0.05) is 18.9 Å². The molecule has 0 unspecified atom stereocenters. The van der Waals surface area contributed by atoms with Crippen LogP contribution in [0.4, 0.5) is 0 Å². The number of allylic oxidation sites excluding steroid dienone is 3. The SMILES string of the molecule is C=C1C=CC(C(C)C)=CN1C. The van der Waals surface area contributed by atoms with Crippen LogP contribution < -0.4 is 0 Å². The molecular formula is C10H15N. The fourth-order valence-electron chi connectivity index (χ4n) is 1.00. The largest absolute Gasteiger partial charge is 0.351 e. The van der Waals surface area contributed by atoms with Crippen molar-refractivity contribution in [2.75, 3.05) is 7.05 Å². The van der Waals surface area contributed by atoms with Crippen molar-refractivity contribution in [3.05, 3.63) is 36.2 Å². The first-order chi connectivity index (χ1) is 5.11. The van der Waals surface area contributed by atoms with Gasteiger partial charge >= 0.3 is 0 Å². The summed E-state index contributed by atoms with van der Waals surface area (Å²) in [5.41, 5.74) is 2.41. The lowest BCUT2D eigenvalue weighted by Crippen LogP contribution is -2.13. The van der Waals surface area contributed by atoms with Crippen LogP contribution in [0.25, 0.3) is 0 Å². The van der Waals surface area contributed by atoms with Crippen LogP contribution in [-0.2, 0) is 0 Å². The molecule has 0 aromatic carbocycles. The van der Waals surface area contributed by atoms with Gasteiger partial charge in [0.25, 0.3) is 0 Å². The Kier molecular flexibility index (Phi) is 2.18. The van der Waals surface area contributed by atoms with Gasteiger partial charge in [0.05, 0.1) is 0 Å². The Morgan fingerprint density at radius 3 is 2.45 bits per heavy atom. The quantitative estimate of drug-likeness (QED) is 0.553. The maximum atomic E-state index is 3.88. The van der Waals surface area contributed by atoms with E-state index in [9.17, 15) is 0 Å². The second-order valence-electron chi connectivity index (χ2n) is 3.22. The average Bonchev–Trinajstić information content (AvgIpc) is 1.94. The lowest BCUT2D eigenvalue weighted by molar-refractivity contribution is 0.567. The highest BCUT2D eigenvalue weighted by Gasteiger charge is 2.06. The molecule has 1 aliphatic rings. The average molecular weight is 149 g/mol. The zero-order valence-corrected chi connectivity index (χ0v) is 7.46. The van der Waals surface area contributed by atoms with Crippen molar-refractivity contribution in [1.82, 2.24) is 4.90 Å². The van der Waals surface area contributed by atoms with Crippen molar-refractivity contribution in [1.29, 1.82) is 0 Å². The van der Waals surface area contributed by atoms with Crippen LogP contribution in [0.1, 0.15) is 13.8 Å². The van der Waals surface area contributed by atoms with Crippen LogP contribution in [0.5, 0.6) is 0 Å². The minimum Gasteiger partial charge on any atom is -0.351 e. The van der Waals surface area contributed by atoms with Crippen LogP contribution in [0.3, 0.4) is 0 Å². The van der Waals surface area contributed by atoms with Crippen molar-refractivity contribution < 1.29 is 0 Å². The maximum Gasteiger partial charge on any atom is 0.0330 e. The Morgan fingerprint density at radius 2 is 2.00 bits per heavy atom. The van der Waals surface area contributed by atoms with E-state index >= 15 is 0 Å². The van der Waals surface area contributed by atoms with E-state index in [-0.39, 0.29) is 0 Å². The van der Waals surface area contributed by atoms with Crippen molar-refractivity contribution >= 4 is 0 Å². The Labute approximate surface area is 68.7 Å². The van der Waals surface area contributed by atoms with E-state index in [4.69, 9.17) is 0 Å². The van der Waals surface area contributed by atoms with E-state index in [2.05, 4.69) is 43.7 Å². The molecule has 1 aliphatic heterocycles. The zero-order chi connectivity index (χ0) is 8.43. The molecule has 0 atom stereocenters. The minimum atomic E-state index is 0.599. The Morgan fingerprint density at radius 1 is 1.36 bits per heavy atom. The van der Waals surface area contributed by atoms with Crippen molar-refractivity contribution in [2.24, 2.45) is 5.92 Å². The lowest BCUT2D eigenvalue weighted by atomic mass is 10.0. The van der Waals surface area contributed by atoms with Gasteiger partial charge in [0.15, 0.2) is 0 Å². The monoisotopic (exact) mass is 149 g/mol. The first-order valence-corrected chi connectivity index (χ1v) is 3.93. The molecule has 11 heavy (non-hydrogen) atoms. The van der Waals surface area contributed by atoms with Gasteiger partial charge in [-0.2, -0.15) is 0 Å². The standard InChI is InChI=1S/C10H15N/c1-8(2)10-6-5-9(3)11(4)7-10/h5-8H,3H2,1-2,4H3. The summed E-state index contributed by atoms with van der Waals surface area (Å²) in [6.07, 6.45) is 6.31. The summed E-state index contributed by atoms with van der Waals surface area (Å²) in [7, 11) is 2.02. The second-order valence-corrected chi connectivity index (χ2v) is 3.22. The maximum absolute atomic E-state index is 3.88. The third kappa shape index (κ3) is 1.73. The summed E-state index contributed by atoms with van der Waals surface area (Å²) in [6, 6.07) is 0. The topological polar surface area (TPSA) is 3.24 Å². The summed E-state index contributed by atoms with van der Waals surface area (Å²) in [6.45, 7) is 8.27. The Bertz CT molecular complexity index is 221. The molecule has 1 heterocycles. The molecule has 0 radical (unpaired) electrons. The highest BCUT2D eigenvalue weighted by atomic mass is 15.1. The summed E-state index contributed by atoms with van der Waals surface area (Å²) >= 11 is 0. The molecule has 60 valence electrons. The highest BCUT2D eigenvalue weighted by Crippen LogP contribution is 2.18. The van der Waals surface area contributed by atoms with Crippen molar-refractivity contribution in [3.8, 4) is 0 Å². The zero-order valence-electron chi connectivity index (χ0n) is 7.46. The molecule has 0 saturated carbocycles. The van der Waals surface area contributed by atoms with Crippen molar-refractivity contribution in [3.63, 3.8) is 0 Å². The molecule has 0 aliphatic carbocycles. The van der Waals surface area contributed by atoms with E-state index in [1.165, 1.54) is 5.57 Å². The predicted molar refractivity (Wildman–Crippen MR) is 49.0 cm³/mol. The molecule has 0 N–H and O–H groups in total. The molecule has 0 saturated heterocycles. The highest BCUT2D eigenvalue weighted by molar-refractivity contribution is 5.32. The van der Waals surface area contributed by atoms with Gasteiger partial charge in [-0.15, -0.1) is 0 Å². The smallest absolute Gasteiger partial charge is 0.0330 e. The fourth-order valence-corrected chi connectivity index (χ4v) is 1.00. The van der Waals surface area contributed by atoms with E-state index < -0.39 is 0 Å². The van der Waals surface area contributed by atoms with Gasteiger partial charge in [0.2, 0.25) is 0 Å². The van der Waals surface area contributed by atoms with Gasteiger partial charge in [-0.1, -0.05) is 26.5 Å². The van der Waals surface area contributed by atoms with Crippen LogP contribution in [-0.4, -0.2) is 11.9 Å². The summed E-state index contributed by atoms with van der Waals surface area (Å²) < 4.78 is 0. The number of hydrogen-bond donors (Lipinski definition) is 0. The minimum absolute atomic E-state index is 0.599. The van der Waals surface area contributed by atoms with Gasteiger partial charge in [-0.05, 0) is 17.6 Å². The Balaban J connectivity index is 2.80. The fraction of sp³-hybridized carbons (Fsp3) is 0.400. The molecule has 0 spiro atoms. The normalized spacial score (nSPS) is 17.6. The number of likely N-dealkylation sites (N-methyl/N-ethyl adjacent to an activating group) is 1. The molecule has 1 nitrogen and oxygen atoms in total. The van der Waals surface area contributed by atoms with Crippen molar-refractivity contribution in [2.45, 2.75) is 13.8 Å². The first-order valence-electron chi connectivity index (χ1n) is 3.93. The third-order valence-corrected chi connectivity index (χ3v) is 1.93. The molecule has 0 fully saturated rings.